The van der Waals surface area contributed by atoms with Gasteiger partial charge in [0, 0.05) is 29.6 Å². The first-order valence-electron chi connectivity index (χ1n) is 31.9. The highest BCUT2D eigenvalue weighted by Gasteiger charge is 2.73. The van der Waals surface area contributed by atoms with Crippen molar-refractivity contribution < 1.29 is 127 Å². The van der Waals surface area contributed by atoms with Crippen molar-refractivity contribution in [2.75, 3.05) is 33.5 Å². The molecule has 0 radical (unpaired) electrons. The summed E-state index contributed by atoms with van der Waals surface area (Å²) in [5.74, 6) is -4.85. The molecule has 12 rings (SSSR count). The molecule has 6 heterocycles. The van der Waals surface area contributed by atoms with Crippen LogP contribution in [0.15, 0.2) is 0 Å². The molecule has 0 amide bonds. The summed E-state index contributed by atoms with van der Waals surface area (Å²) in [6.07, 6.45) is 0.135. The van der Waals surface area contributed by atoms with Crippen LogP contribution in [0.25, 0.3) is 0 Å². The Hall–Kier alpha value is -4.15. The van der Waals surface area contributed by atoms with E-state index in [1.807, 2.05) is 41.5 Å². The van der Waals surface area contributed by atoms with Crippen LogP contribution < -0.4 is 0 Å². The first-order chi connectivity index (χ1) is 42.7. The van der Waals surface area contributed by atoms with Crippen LogP contribution in [0.4, 0.5) is 0 Å². The van der Waals surface area contributed by atoms with Crippen molar-refractivity contribution in [3.05, 3.63) is 0 Å². The van der Waals surface area contributed by atoms with Crippen LogP contribution in [0.2, 0.25) is 0 Å². The zero-order chi connectivity index (χ0) is 68.0. The number of carbonyl (C=O) groups is 7. The first-order valence-corrected chi connectivity index (χ1v) is 37.7. The highest BCUT2D eigenvalue weighted by molar-refractivity contribution is 7.88. The number of esters is 7. The molecule has 21 atom stereocenters. The molecule has 12 aliphatic rings. The maximum Gasteiger partial charge on any atom is 0.317 e. The van der Waals surface area contributed by atoms with Crippen LogP contribution in [-0.2, 0) is 133 Å². The van der Waals surface area contributed by atoms with Crippen LogP contribution in [0, 0.1) is 63.1 Å². The molecule has 0 N–H and O–H groups in total. The van der Waals surface area contributed by atoms with Gasteiger partial charge >= 0.3 is 41.8 Å². The minimum Gasteiger partial charge on any atom is -0.469 e. The fraction of sp³-hybridized carbons (Fsp3) is 0.883. The molecule has 6 saturated heterocycles. The Morgan fingerprint density at radius 3 is 1.37 bits per heavy atom. The molecular formula is C60H90O28S4. The van der Waals surface area contributed by atoms with Gasteiger partial charge < -0.3 is 42.6 Å². The predicted octanol–water partition coefficient (Wildman–Crippen LogP) is 3.91. The lowest BCUT2D eigenvalue weighted by Gasteiger charge is -2.32. The van der Waals surface area contributed by atoms with Crippen molar-refractivity contribution in [1.82, 2.24) is 0 Å². The van der Waals surface area contributed by atoms with Crippen LogP contribution >= 0.6 is 0 Å². The van der Waals surface area contributed by atoms with Crippen molar-refractivity contribution in [3.8, 4) is 0 Å². The number of carbonyl (C=O) groups excluding carboxylic acids is 7. The molecule has 92 heavy (non-hydrogen) atoms. The molecule has 8 bridgehead atoms. The first kappa shape index (κ1) is 72.1. The van der Waals surface area contributed by atoms with Crippen molar-refractivity contribution in [3.63, 3.8) is 0 Å². The molecule has 522 valence electrons. The summed E-state index contributed by atoms with van der Waals surface area (Å²) >= 11 is 0. The highest BCUT2D eigenvalue weighted by Crippen LogP contribution is 2.60. The van der Waals surface area contributed by atoms with E-state index >= 15 is 0 Å². The van der Waals surface area contributed by atoms with E-state index in [1.54, 1.807) is 41.5 Å². The lowest BCUT2D eigenvalue weighted by Crippen LogP contribution is -2.47. The summed E-state index contributed by atoms with van der Waals surface area (Å²) in [4.78, 5) is 83.9. The molecule has 28 nitrogen and oxygen atoms in total. The summed E-state index contributed by atoms with van der Waals surface area (Å²) in [6.45, 7) is 22.2. The average Bonchev–Trinajstić information content (AvgIpc) is 1.57. The van der Waals surface area contributed by atoms with Gasteiger partial charge in [0.15, 0.2) is 6.10 Å². The van der Waals surface area contributed by atoms with Gasteiger partial charge in [-0.1, -0.05) is 27.7 Å². The zero-order valence-corrected chi connectivity index (χ0v) is 57.6. The van der Waals surface area contributed by atoms with Gasteiger partial charge in [-0.2, -0.15) is 33.7 Å². The van der Waals surface area contributed by atoms with Crippen molar-refractivity contribution in [1.29, 1.82) is 0 Å². The third-order valence-electron chi connectivity index (χ3n) is 21.6. The van der Waals surface area contributed by atoms with Crippen molar-refractivity contribution in [2.24, 2.45) is 63.1 Å². The number of hydrogen-bond donors (Lipinski definition) is 0. The standard InChI is InChI=1S/C18H26O9S.C15H22O7S.C15H24O6S.C12H18O6S/c1-4-18(2,3)17(21)25-6-5-24-13(19)9-14(20)26-15-10-7-11-12(8-10)28(22,23)27-16(11)15;1-5-15(2,3)14(17)21-10-7-6-8-11(10)22-23(18,19)12(8)9(7)13(16)20-4;1-4-15(2,3)14(16)20-6-5-19-12-9-7-10-11(8-9)22(17,18)21-13(10)12;1-4-12(2,3)11(13)17-8-6-5-7-9(16-6)10(8)18-19(7,14)15/h10-12,15-16H,4-9H2,1-3H3;7-12H,5-6H2,1-4H3;9-13H,4-8H2,1-3H3;6-10H,4-5H2,1-3H3. The maximum absolute atomic E-state index is 12.4. The van der Waals surface area contributed by atoms with Gasteiger partial charge in [0.2, 0.25) is 0 Å². The molecule has 0 aromatic heterocycles. The van der Waals surface area contributed by atoms with Gasteiger partial charge in [0.05, 0.1) is 64.0 Å². The van der Waals surface area contributed by atoms with Crippen molar-refractivity contribution >= 4 is 82.3 Å². The number of ether oxygens (including phenoxy) is 9. The van der Waals surface area contributed by atoms with E-state index in [0.717, 1.165) is 6.42 Å². The Labute approximate surface area is 538 Å². The Kier molecular flexibility index (Phi) is 20.7. The fourth-order valence-electron chi connectivity index (χ4n) is 14.6. The molecule has 0 aromatic carbocycles. The van der Waals surface area contributed by atoms with Crippen molar-refractivity contribution in [2.45, 2.75) is 236 Å². The number of fused-ring (bicyclic) bond motifs is 4. The number of hydrogen-bond acceptors (Lipinski definition) is 28. The zero-order valence-electron chi connectivity index (χ0n) is 54.3. The monoisotopic (exact) mass is 1390 g/mol. The lowest BCUT2D eigenvalue weighted by molar-refractivity contribution is -0.171. The van der Waals surface area contributed by atoms with E-state index in [1.165, 1.54) is 7.11 Å². The summed E-state index contributed by atoms with van der Waals surface area (Å²) in [5.41, 5.74) is -2.34. The van der Waals surface area contributed by atoms with Crippen LogP contribution in [0.5, 0.6) is 0 Å². The van der Waals surface area contributed by atoms with Gasteiger partial charge in [-0.05, 0) is 126 Å². The normalized spacial score (nSPS) is 37.8. The minimum atomic E-state index is -3.84. The molecule has 0 spiro atoms. The second-order valence-electron chi connectivity index (χ2n) is 28.7. The van der Waals surface area contributed by atoms with E-state index in [2.05, 4.69) is 0 Å². The SMILES string of the molecule is CCC(C)(C)C(=O)OC1C2CC3C(O2)C1OS3(=O)=O.CCC(C)(C)C(=O)OC1C2CC3C1OS(=O)(=O)C3C2C(=O)OC.CCC(C)(C)C(=O)OCCOC(=O)CC(=O)OC1C2CC3C1OS(=O)(=O)C3C2.CCC(C)(C)C(=O)OCCOC1C2CC3C1OS(=O)(=O)C3C2. The van der Waals surface area contributed by atoms with Gasteiger partial charge in [-0.3, -0.25) is 50.3 Å². The Morgan fingerprint density at radius 2 is 0.848 bits per heavy atom. The van der Waals surface area contributed by atoms with E-state index in [9.17, 15) is 67.2 Å². The molecule has 6 saturated carbocycles. The molecule has 0 aromatic rings. The topological polar surface area (TPSA) is 376 Å². The Bertz CT molecular complexity index is 3320. The molecule has 6 aliphatic carbocycles. The van der Waals surface area contributed by atoms with E-state index in [-0.39, 0.29) is 103 Å². The average molecular weight is 1390 g/mol. The highest BCUT2D eigenvalue weighted by atomic mass is 32.2. The summed E-state index contributed by atoms with van der Waals surface area (Å²) in [6, 6.07) is 0. The molecule has 6 aliphatic heterocycles. The summed E-state index contributed by atoms with van der Waals surface area (Å²) < 4.78 is 164. The largest absolute Gasteiger partial charge is 0.469 e. The molecule has 21 unspecified atom stereocenters. The summed E-state index contributed by atoms with van der Waals surface area (Å²) in [5, 5.41) is -2.29. The smallest absolute Gasteiger partial charge is 0.317 e. The van der Waals surface area contributed by atoms with Crippen LogP contribution in [0.3, 0.4) is 0 Å². The van der Waals surface area contributed by atoms with Crippen LogP contribution in [-0.4, -0.2) is 191 Å². The van der Waals surface area contributed by atoms with E-state index in [0.29, 0.717) is 57.8 Å². The minimum absolute atomic E-state index is 0.0569. The third-order valence-corrected chi connectivity index (χ3v) is 28.7. The Balaban J connectivity index is 0.000000146. The Morgan fingerprint density at radius 1 is 0.413 bits per heavy atom. The molecule has 12 fully saturated rings. The number of rotatable bonds is 21. The van der Waals surface area contributed by atoms with Gasteiger partial charge in [0.1, 0.15) is 79.5 Å². The van der Waals surface area contributed by atoms with Gasteiger partial charge in [0.25, 0.3) is 40.5 Å². The quantitative estimate of drug-likeness (QED) is 0.0517. The summed E-state index contributed by atoms with van der Waals surface area (Å²) in [7, 11) is -13.1. The molecular weight excluding hydrogens is 1300 g/mol. The third kappa shape index (κ3) is 13.8. The van der Waals surface area contributed by atoms with Gasteiger partial charge in [-0.25, -0.2) is 0 Å². The maximum atomic E-state index is 12.4. The van der Waals surface area contributed by atoms with Gasteiger partial charge in [-0.15, -0.1) is 0 Å². The van der Waals surface area contributed by atoms with Crippen LogP contribution in [0.1, 0.15) is 154 Å². The van der Waals surface area contributed by atoms with E-state index in [4.69, 9.17) is 59.4 Å². The number of methoxy groups -OCH3 is 1. The second-order valence-corrected chi connectivity index (χ2v) is 35.8. The predicted molar refractivity (Wildman–Crippen MR) is 316 cm³/mol. The fourth-order valence-corrected chi connectivity index (χ4v) is 22.1. The second kappa shape index (κ2) is 26.4. The molecule has 32 heteroatoms. The lowest BCUT2D eigenvalue weighted by atomic mass is 9.84. The van der Waals surface area contributed by atoms with E-state index < -0.39 is 157 Å².